The van der Waals surface area contributed by atoms with Crippen molar-refractivity contribution in [2.24, 2.45) is 0 Å². The molecule has 0 saturated heterocycles. The van der Waals surface area contributed by atoms with Gasteiger partial charge in [-0.2, -0.15) is 0 Å². The molecule has 0 aliphatic rings. The minimum absolute atomic E-state index is 0.398. The molecule has 1 heterocycles. The van der Waals surface area contributed by atoms with Crippen LogP contribution in [0.15, 0.2) is 56.8 Å². The molecule has 1 aromatic heterocycles. The Morgan fingerprint density at radius 1 is 1.12 bits per heavy atom. The van der Waals surface area contributed by atoms with Gasteiger partial charge in [-0.15, -0.1) is 0 Å². The third kappa shape index (κ3) is 4.75. The fourth-order valence-electron chi connectivity index (χ4n) is 2.34. The number of hydrogen-bond acceptors (Lipinski definition) is 4. The molecular formula is C20H24O4. The Kier molecular flexibility index (Phi) is 6.24. The minimum Gasteiger partial charge on any atom is -0.493 e. The average Bonchev–Trinajstić information content (AvgIpc) is 2.54. The average molecular weight is 328 g/mol. The lowest BCUT2D eigenvalue weighted by Crippen LogP contribution is -2.01. The lowest BCUT2D eigenvalue weighted by Gasteiger charge is -2.11. The Morgan fingerprint density at radius 2 is 1.88 bits per heavy atom. The quantitative estimate of drug-likeness (QED) is 0.537. The summed E-state index contributed by atoms with van der Waals surface area (Å²) in [5, 5.41) is 0.801. The van der Waals surface area contributed by atoms with Crippen molar-refractivity contribution in [1.29, 1.82) is 0 Å². The molecule has 0 atom stereocenters. The van der Waals surface area contributed by atoms with Gasteiger partial charge in [0, 0.05) is 11.5 Å². The summed E-state index contributed by atoms with van der Waals surface area (Å²) in [6.07, 6.45) is 6.28. The van der Waals surface area contributed by atoms with E-state index < -0.39 is 5.63 Å². The third-order valence-electron chi connectivity index (χ3n) is 3.68. The Balaban J connectivity index is 2.15. The fourth-order valence-corrected chi connectivity index (χ4v) is 2.34. The molecule has 4 heteroatoms. The van der Waals surface area contributed by atoms with Crippen molar-refractivity contribution >= 4 is 11.0 Å². The van der Waals surface area contributed by atoms with E-state index in [1.807, 2.05) is 18.2 Å². The van der Waals surface area contributed by atoms with E-state index in [2.05, 4.69) is 26.8 Å². The lowest BCUT2D eigenvalue weighted by molar-refractivity contribution is 0.323. The number of fused-ring (bicyclic) bond motifs is 1. The fraction of sp³-hybridized carbons (Fsp3) is 0.350. The van der Waals surface area contributed by atoms with Crippen LogP contribution < -0.4 is 15.1 Å². The molecule has 0 unspecified atom stereocenters. The predicted molar refractivity (Wildman–Crippen MR) is 97.0 cm³/mol. The van der Waals surface area contributed by atoms with Crippen molar-refractivity contribution in [1.82, 2.24) is 0 Å². The van der Waals surface area contributed by atoms with Crippen LogP contribution in [0.1, 0.15) is 33.6 Å². The first-order chi connectivity index (χ1) is 11.5. The molecule has 0 amide bonds. The zero-order valence-corrected chi connectivity index (χ0v) is 14.7. The molecule has 0 aliphatic carbocycles. The maximum absolute atomic E-state index is 11.5. The lowest BCUT2D eigenvalue weighted by atomic mass is 10.1. The highest BCUT2D eigenvalue weighted by Gasteiger charge is 2.12. The summed E-state index contributed by atoms with van der Waals surface area (Å²) in [4.78, 5) is 11.5. The molecule has 0 radical (unpaired) electrons. The van der Waals surface area contributed by atoms with Gasteiger partial charge in [0.25, 0.3) is 0 Å². The highest BCUT2D eigenvalue weighted by molar-refractivity contribution is 5.85. The van der Waals surface area contributed by atoms with Crippen molar-refractivity contribution in [2.45, 2.75) is 33.6 Å². The van der Waals surface area contributed by atoms with Crippen molar-refractivity contribution in [2.75, 3.05) is 13.7 Å². The van der Waals surface area contributed by atoms with Gasteiger partial charge in [-0.1, -0.05) is 17.2 Å². The van der Waals surface area contributed by atoms with Gasteiger partial charge < -0.3 is 13.9 Å². The van der Waals surface area contributed by atoms with Crippen LogP contribution in [-0.4, -0.2) is 13.7 Å². The number of ether oxygens (including phenoxy) is 2. The summed E-state index contributed by atoms with van der Waals surface area (Å²) in [5.74, 6) is 1.01. The van der Waals surface area contributed by atoms with Crippen molar-refractivity contribution in [3.8, 4) is 11.5 Å². The van der Waals surface area contributed by atoms with Crippen molar-refractivity contribution < 1.29 is 13.9 Å². The van der Waals surface area contributed by atoms with Crippen LogP contribution in [0, 0.1) is 0 Å². The summed E-state index contributed by atoms with van der Waals surface area (Å²) >= 11 is 0. The molecular weight excluding hydrogens is 304 g/mol. The van der Waals surface area contributed by atoms with Crippen LogP contribution >= 0.6 is 0 Å². The number of methoxy groups -OCH3 is 1. The van der Waals surface area contributed by atoms with E-state index in [4.69, 9.17) is 13.9 Å². The SMILES string of the molecule is COc1ccc2ccc(=O)oc2c1OC/C=C(\C)CCC=C(C)C. The first-order valence-electron chi connectivity index (χ1n) is 8.04. The van der Waals surface area contributed by atoms with Crippen molar-refractivity contribution in [3.05, 3.63) is 58.0 Å². The standard InChI is InChI=1S/C20H24O4/c1-14(2)6-5-7-15(3)12-13-23-20-17(22-4)10-8-16-9-11-18(21)24-19(16)20/h6,8-12H,5,7,13H2,1-4H3/b15-12+. The molecule has 4 nitrogen and oxygen atoms in total. The highest BCUT2D eigenvalue weighted by atomic mass is 16.5. The minimum atomic E-state index is -0.408. The van der Waals surface area contributed by atoms with Crippen molar-refractivity contribution in [3.63, 3.8) is 0 Å². The van der Waals surface area contributed by atoms with Gasteiger partial charge in [-0.05, 0) is 57.9 Å². The summed E-state index contributed by atoms with van der Waals surface area (Å²) in [6.45, 7) is 6.68. The smallest absolute Gasteiger partial charge is 0.336 e. The zero-order chi connectivity index (χ0) is 17.5. The largest absolute Gasteiger partial charge is 0.493 e. The van der Waals surface area contributed by atoms with E-state index in [1.54, 1.807) is 13.2 Å². The molecule has 0 bridgehead atoms. The summed E-state index contributed by atoms with van der Waals surface area (Å²) in [5.41, 5.74) is 2.59. The van der Waals surface area contributed by atoms with Crippen LogP contribution in [0.25, 0.3) is 11.0 Å². The molecule has 2 aromatic rings. The Labute approximate surface area is 142 Å². The molecule has 0 fully saturated rings. The molecule has 0 spiro atoms. The monoisotopic (exact) mass is 328 g/mol. The molecule has 1 aromatic carbocycles. The second-order valence-electron chi connectivity index (χ2n) is 5.95. The summed E-state index contributed by atoms with van der Waals surface area (Å²) in [7, 11) is 1.57. The maximum atomic E-state index is 11.5. The van der Waals surface area contributed by atoms with Gasteiger partial charge in [0.15, 0.2) is 11.3 Å². The highest BCUT2D eigenvalue weighted by Crippen LogP contribution is 2.34. The maximum Gasteiger partial charge on any atom is 0.336 e. The number of benzene rings is 1. The zero-order valence-electron chi connectivity index (χ0n) is 14.7. The molecule has 2 rings (SSSR count). The van der Waals surface area contributed by atoms with E-state index in [0.29, 0.717) is 23.7 Å². The molecule has 24 heavy (non-hydrogen) atoms. The van der Waals surface area contributed by atoms with Crippen LogP contribution in [0.4, 0.5) is 0 Å². The van der Waals surface area contributed by atoms with E-state index in [1.165, 1.54) is 17.2 Å². The van der Waals surface area contributed by atoms with Gasteiger partial charge in [0.2, 0.25) is 5.75 Å². The third-order valence-corrected chi connectivity index (χ3v) is 3.68. The van der Waals surface area contributed by atoms with Gasteiger partial charge in [0.1, 0.15) is 6.61 Å². The number of hydrogen-bond donors (Lipinski definition) is 0. The molecule has 0 N–H and O–H groups in total. The van der Waals surface area contributed by atoms with Gasteiger partial charge in [-0.25, -0.2) is 4.79 Å². The van der Waals surface area contributed by atoms with E-state index in [0.717, 1.165) is 18.2 Å². The molecule has 0 aliphatic heterocycles. The molecule has 128 valence electrons. The van der Waals surface area contributed by atoms with Crippen LogP contribution in [0.2, 0.25) is 0 Å². The Bertz CT molecular complexity index is 808. The van der Waals surface area contributed by atoms with Gasteiger partial charge >= 0.3 is 5.63 Å². The first kappa shape index (κ1) is 17.9. The Morgan fingerprint density at radius 3 is 2.58 bits per heavy atom. The van der Waals surface area contributed by atoms with E-state index >= 15 is 0 Å². The van der Waals surface area contributed by atoms with Crippen LogP contribution in [-0.2, 0) is 0 Å². The normalized spacial score (nSPS) is 11.4. The van der Waals surface area contributed by atoms with Gasteiger partial charge in [0.05, 0.1) is 7.11 Å². The van der Waals surface area contributed by atoms with Gasteiger partial charge in [-0.3, -0.25) is 0 Å². The number of allylic oxidation sites excluding steroid dienone is 3. The summed E-state index contributed by atoms with van der Waals surface area (Å²) in [6, 6.07) is 6.76. The van der Waals surface area contributed by atoms with Crippen LogP contribution in [0.5, 0.6) is 11.5 Å². The number of rotatable bonds is 7. The van der Waals surface area contributed by atoms with E-state index in [9.17, 15) is 4.79 Å². The van der Waals surface area contributed by atoms with E-state index in [-0.39, 0.29) is 0 Å². The topological polar surface area (TPSA) is 48.7 Å². The summed E-state index contributed by atoms with van der Waals surface area (Å²) < 4.78 is 16.5. The van der Waals surface area contributed by atoms with Crippen LogP contribution in [0.3, 0.4) is 0 Å². The second kappa shape index (κ2) is 8.39. The predicted octanol–water partition coefficient (Wildman–Crippen LogP) is 4.87. The Hall–Kier alpha value is -2.49. The molecule has 0 saturated carbocycles. The first-order valence-corrected chi connectivity index (χ1v) is 8.04. The second-order valence-corrected chi connectivity index (χ2v) is 5.95.